The fraction of sp³-hybridized carbons (Fsp3) is 0.667. The maximum Gasteiger partial charge on any atom is 0.275 e. The SMILES string of the molecule is NCC1CCCCN1C(=O)c1csnn1. The van der Waals surface area contributed by atoms with Crippen LogP contribution in [-0.2, 0) is 0 Å². The van der Waals surface area contributed by atoms with Crippen LogP contribution in [0.3, 0.4) is 0 Å². The second-order valence-electron chi connectivity index (χ2n) is 3.67. The smallest absolute Gasteiger partial charge is 0.275 e. The largest absolute Gasteiger partial charge is 0.333 e. The number of carbonyl (C=O) groups excluding carboxylic acids is 1. The van der Waals surface area contributed by atoms with Crippen LogP contribution in [-0.4, -0.2) is 39.5 Å². The van der Waals surface area contributed by atoms with Crippen LogP contribution in [0.5, 0.6) is 0 Å². The second-order valence-corrected chi connectivity index (χ2v) is 4.28. The van der Waals surface area contributed by atoms with E-state index in [1.54, 1.807) is 5.38 Å². The fourth-order valence-corrected chi connectivity index (χ4v) is 2.35. The van der Waals surface area contributed by atoms with Crippen LogP contribution in [0.4, 0.5) is 0 Å². The molecule has 2 heterocycles. The number of hydrogen-bond donors (Lipinski definition) is 1. The van der Waals surface area contributed by atoms with Gasteiger partial charge in [-0.15, -0.1) is 5.10 Å². The van der Waals surface area contributed by atoms with Gasteiger partial charge in [0.05, 0.1) is 0 Å². The van der Waals surface area contributed by atoms with Gasteiger partial charge < -0.3 is 10.6 Å². The lowest BCUT2D eigenvalue weighted by Gasteiger charge is -2.34. The molecule has 82 valence electrons. The molecule has 2 rings (SSSR count). The van der Waals surface area contributed by atoms with E-state index in [2.05, 4.69) is 9.59 Å². The number of amides is 1. The molecular formula is C9H14N4OS. The van der Waals surface area contributed by atoms with Crippen LogP contribution >= 0.6 is 11.5 Å². The standard InChI is InChI=1S/C9H14N4OS/c10-5-7-3-1-2-4-13(7)9(14)8-6-15-12-11-8/h6-7H,1-5,10H2. The third-order valence-electron chi connectivity index (χ3n) is 2.74. The Kier molecular flexibility index (Phi) is 3.27. The molecule has 1 aliphatic rings. The maximum absolute atomic E-state index is 12.0. The molecule has 6 heteroatoms. The van der Waals surface area contributed by atoms with E-state index in [0.29, 0.717) is 12.2 Å². The van der Waals surface area contributed by atoms with Crippen LogP contribution in [0.15, 0.2) is 5.38 Å². The molecule has 0 bridgehead atoms. The Labute approximate surface area is 92.4 Å². The lowest BCUT2D eigenvalue weighted by Crippen LogP contribution is -2.47. The van der Waals surface area contributed by atoms with Crippen molar-refractivity contribution in [3.05, 3.63) is 11.1 Å². The molecular weight excluding hydrogens is 212 g/mol. The molecule has 1 aromatic rings. The molecule has 1 atom stereocenters. The first-order chi connectivity index (χ1) is 7.33. The molecule has 0 spiro atoms. The number of rotatable bonds is 2. The zero-order valence-electron chi connectivity index (χ0n) is 8.43. The molecule has 15 heavy (non-hydrogen) atoms. The van der Waals surface area contributed by atoms with Crippen molar-refractivity contribution in [1.29, 1.82) is 0 Å². The Bertz CT molecular complexity index is 327. The van der Waals surface area contributed by atoms with Gasteiger partial charge in [0.25, 0.3) is 5.91 Å². The minimum atomic E-state index is -0.0288. The monoisotopic (exact) mass is 226 g/mol. The van der Waals surface area contributed by atoms with Gasteiger partial charge in [-0.05, 0) is 30.8 Å². The van der Waals surface area contributed by atoms with E-state index >= 15 is 0 Å². The number of piperidine rings is 1. The second kappa shape index (κ2) is 4.67. The third kappa shape index (κ3) is 2.15. The van der Waals surface area contributed by atoms with Crippen molar-refractivity contribution in [3.63, 3.8) is 0 Å². The predicted molar refractivity (Wildman–Crippen MR) is 57.6 cm³/mol. The fourth-order valence-electron chi connectivity index (χ4n) is 1.92. The van der Waals surface area contributed by atoms with Crippen LogP contribution < -0.4 is 5.73 Å². The van der Waals surface area contributed by atoms with Gasteiger partial charge in [-0.1, -0.05) is 4.49 Å². The van der Waals surface area contributed by atoms with Crippen molar-refractivity contribution >= 4 is 17.4 Å². The molecule has 2 N–H and O–H groups in total. The van der Waals surface area contributed by atoms with Gasteiger partial charge in [0, 0.05) is 24.5 Å². The molecule has 1 aliphatic heterocycles. The summed E-state index contributed by atoms with van der Waals surface area (Å²) in [6.45, 7) is 1.32. The van der Waals surface area contributed by atoms with E-state index in [9.17, 15) is 4.79 Å². The lowest BCUT2D eigenvalue weighted by atomic mass is 10.0. The van der Waals surface area contributed by atoms with Gasteiger partial charge >= 0.3 is 0 Å². The maximum atomic E-state index is 12.0. The summed E-state index contributed by atoms with van der Waals surface area (Å²) in [6.07, 6.45) is 3.21. The Morgan fingerprint density at radius 2 is 2.53 bits per heavy atom. The highest BCUT2D eigenvalue weighted by Gasteiger charge is 2.27. The first kappa shape index (κ1) is 10.5. The number of nitrogens with zero attached hydrogens (tertiary/aromatic N) is 3. The number of hydrogen-bond acceptors (Lipinski definition) is 5. The average molecular weight is 226 g/mol. The molecule has 1 saturated heterocycles. The van der Waals surface area contributed by atoms with Crippen LogP contribution in [0.25, 0.3) is 0 Å². The molecule has 0 aliphatic carbocycles. The molecule has 1 amide bonds. The predicted octanol–water partition coefficient (Wildman–Crippen LogP) is 0.491. The number of likely N-dealkylation sites (tertiary alicyclic amines) is 1. The van der Waals surface area contributed by atoms with E-state index in [1.807, 2.05) is 4.90 Å². The van der Waals surface area contributed by atoms with Crippen molar-refractivity contribution in [3.8, 4) is 0 Å². The summed E-state index contributed by atoms with van der Waals surface area (Å²) in [6, 6.07) is 0.174. The summed E-state index contributed by atoms with van der Waals surface area (Å²) in [7, 11) is 0. The topological polar surface area (TPSA) is 72.1 Å². The van der Waals surface area contributed by atoms with Gasteiger partial charge in [-0.25, -0.2) is 0 Å². The Morgan fingerprint density at radius 3 is 3.20 bits per heavy atom. The molecule has 1 aromatic heterocycles. The summed E-state index contributed by atoms with van der Waals surface area (Å²) < 4.78 is 3.70. The van der Waals surface area contributed by atoms with Gasteiger partial charge in [0.1, 0.15) is 0 Å². The third-order valence-corrected chi connectivity index (χ3v) is 3.24. The van der Waals surface area contributed by atoms with E-state index < -0.39 is 0 Å². The van der Waals surface area contributed by atoms with E-state index in [1.165, 1.54) is 11.5 Å². The highest BCUT2D eigenvalue weighted by atomic mass is 32.1. The molecule has 1 unspecified atom stereocenters. The normalized spacial score (nSPS) is 21.7. The van der Waals surface area contributed by atoms with Gasteiger partial charge in [0.2, 0.25) is 0 Å². The van der Waals surface area contributed by atoms with Crippen molar-refractivity contribution < 1.29 is 4.79 Å². The molecule has 0 radical (unpaired) electrons. The van der Waals surface area contributed by atoms with E-state index in [0.717, 1.165) is 25.8 Å². The summed E-state index contributed by atoms with van der Waals surface area (Å²) in [4.78, 5) is 13.8. The highest BCUT2D eigenvalue weighted by Crippen LogP contribution is 2.18. The van der Waals surface area contributed by atoms with E-state index in [4.69, 9.17) is 5.73 Å². The minimum absolute atomic E-state index is 0.0288. The molecule has 0 aromatic carbocycles. The molecule has 0 saturated carbocycles. The Balaban J connectivity index is 2.11. The zero-order chi connectivity index (χ0) is 10.7. The average Bonchev–Trinajstić information content (AvgIpc) is 2.81. The van der Waals surface area contributed by atoms with Crippen molar-refractivity contribution in [2.45, 2.75) is 25.3 Å². The van der Waals surface area contributed by atoms with Crippen molar-refractivity contribution in [2.24, 2.45) is 5.73 Å². The van der Waals surface area contributed by atoms with Gasteiger partial charge in [-0.2, -0.15) is 0 Å². The summed E-state index contributed by atoms with van der Waals surface area (Å²) in [5.74, 6) is -0.0288. The molecule has 1 fully saturated rings. The minimum Gasteiger partial charge on any atom is -0.333 e. The van der Waals surface area contributed by atoms with Crippen molar-refractivity contribution in [2.75, 3.05) is 13.1 Å². The Morgan fingerprint density at radius 1 is 1.67 bits per heavy atom. The number of nitrogens with two attached hydrogens (primary N) is 1. The van der Waals surface area contributed by atoms with E-state index in [-0.39, 0.29) is 11.9 Å². The van der Waals surface area contributed by atoms with Crippen LogP contribution in [0.1, 0.15) is 29.8 Å². The molecule has 5 nitrogen and oxygen atoms in total. The summed E-state index contributed by atoms with van der Waals surface area (Å²) >= 11 is 1.20. The van der Waals surface area contributed by atoms with Gasteiger partial charge in [0.15, 0.2) is 5.69 Å². The summed E-state index contributed by atoms with van der Waals surface area (Å²) in [5, 5.41) is 5.48. The lowest BCUT2D eigenvalue weighted by molar-refractivity contribution is 0.0617. The van der Waals surface area contributed by atoms with Crippen LogP contribution in [0, 0.1) is 0 Å². The summed E-state index contributed by atoms with van der Waals surface area (Å²) in [5.41, 5.74) is 6.10. The zero-order valence-corrected chi connectivity index (χ0v) is 9.24. The Hall–Kier alpha value is -1.01. The first-order valence-electron chi connectivity index (χ1n) is 5.11. The highest BCUT2D eigenvalue weighted by molar-refractivity contribution is 7.03. The number of aromatic nitrogens is 2. The number of carbonyl (C=O) groups is 1. The van der Waals surface area contributed by atoms with Crippen molar-refractivity contribution in [1.82, 2.24) is 14.5 Å². The van der Waals surface area contributed by atoms with Crippen LogP contribution in [0.2, 0.25) is 0 Å². The quantitative estimate of drug-likeness (QED) is 0.796. The first-order valence-corrected chi connectivity index (χ1v) is 5.94. The van der Waals surface area contributed by atoms with Gasteiger partial charge in [-0.3, -0.25) is 4.79 Å².